The second-order valence-electron chi connectivity index (χ2n) is 5.93. The van der Waals surface area contributed by atoms with Gasteiger partial charge in [-0.25, -0.2) is 0 Å². The lowest BCUT2D eigenvalue weighted by molar-refractivity contribution is -0.115. The molecule has 154 valence electrons. The van der Waals surface area contributed by atoms with Gasteiger partial charge in [0.25, 0.3) is 7.71 Å². The van der Waals surface area contributed by atoms with Crippen molar-refractivity contribution in [2.45, 2.75) is 41.5 Å². The molecule has 0 saturated carbocycles. The highest BCUT2D eigenvalue weighted by molar-refractivity contribution is 7.74. The van der Waals surface area contributed by atoms with Gasteiger partial charge in [-0.3, -0.25) is 9.59 Å². The van der Waals surface area contributed by atoms with Gasteiger partial charge in [0.1, 0.15) is 15.1 Å². The van der Waals surface area contributed by atoms with Crippen LogP contribution in [0.2, 0.25) is 0 Å². The molecular formula is C18H30Cl3N3O2P+. The highest BCUT2D eigenvalue weighted by Crippen LogP contribution is 2.75. The molecular weight excluding hydrogens is 428 g/mol. The van der Waals surface area contributed by atoms with E-state index in [0.717, 1.165) is 0 Å². The molecule has 0 radical (unpaired) electrons. The van der Waals surface area contributed by atoms with Crippen LogP contribution in [-0.4, -0.2) is 64.8 Å². The summed E-state index contributed by atoms with van der Waals surface area (Å²) in [7, 11) is -2.62. The van der Waals surface area contributed by atoms with Gasteiger partial charge < -0.3 is 0 Å². The summed E-state index contributed by atoms with van der Waals surface area (Å²) in [6, 6.07) is 0. The average molecular weight is 458 g/mol. The number of hydrogen-bond acceptors (Lipinski definition) is 5. The van der Waals surface area contributed by atoms with Crippen LogP contribution in [0.4, 0.5) is 0 Å². The van der Waals surface area contributed by atoms with Crippen LogP contribution in [0.3, 0.4) is 0 Å². The fourth-order valence-corrected chi connectivity index (χ4v) is 9.72. The Bertz CT molecular complexity index is 608. The second-order valence-corrected chi connectivity index (χ2v) is 10.3. The van der Waals surface area contributed by atoms with Crippen molar-refractivity contribution in [1.82, 2.24) is 14.0 Å². The van der Waals surface area contributed by atoms with Gasteiger partial charge in [0.05, 0.1) is 0 Å². The SMILES string of the molecule is CCN(CC)[P+](C1=C(Cl)C(=O)C(Cl)=C(Cl)C1=O)(N(CC)CC)N(CC)CC. The van der Waals surface area contributed by atoms with E-state index in [0.29, 0.717) is 44.6 Å². The summed E-state index contributed by atoms with van der Waals surface area (Å²) in [5.74, 6) is -1.01. The van der Waals surface area contributed by atoms with E-state index in [4.69, 9.17) is 34.8 Å². The molecule has 0 spiro atoms. The Kier molecular flexibility index (Phi) is 9.91. The van der Waals surface area contributed by atoms with Crippen molar-refractivity contribution in [2.75, 3.05) is 39.3 Å². The van der Waals surface area contributed by atoms with Gasteiger partial charge in [-0.1, -0.05) is 34.8 Å². The number of allylic oxidation sites excluding steroid dienone is 4. The summed E-state index contributed by atoms with van der Waals surface area (Å²) in [6.45, 7) is 16.6. The Morgan fingerprint density at radius 1 is 0.593 bits per heavy atom. The van der Waals surface area contributed by atoms with Gasteiger partial charge in [0.2, 0.25) is 16.9 Å². The summed E-state index contributed by atoms with van der Waals surface area (Å²) in [4.78, 5) is 26.0. The van der Waals surface area contributed by atoms with Gasteiger partial charge >= 0.3 is 0 Å². The van der Waals surface area contributed by atoms with E-state index in [1.165, 1.54) is 0 Å². The highest BCUT2D eigenvalue weighted by Gasteiger charge is 2.62. The Morgan fingerprint density at radius 2 is 0.889 bits per heavy atom. The standard InChI is InChI=1S/C18H30Cl3N3O2P/c1-7-22(8-2)27(23(9-3)10-4,24(11-5)12-6)18-15(21)16(25)13(19)14(20)17(18)26/h7-12H2,1-6H3/q+1. The molecule has 0 saturated heterocycles. The van der Waals surface area contributed by atoms with E-state index >= 15 is 0 Å². The minimum Gasteiger partial charge on any atom is -0.286 e. The van der Waals surface area contributed by atoms with Crippen molar-refractivity contribution in [2.24, 2.45) is 0 Å². The van der Waals surface area contributed by atoms with Crippen LogP contribution in [0.25, 0.3) is 0 Å². The monoisotopic (exact) mass is 456 g/mol. The van der Waals surface area contributed by atoms with Gasteiger partial charge in [0, 0.05) is 39.3 Å². The molecule has 0 atom stereocenters. The highest BCUT2D eigenvalue weighted by atomic mass is 35.5. The van der Waals surface area contributed by atoms with E-state index in [-0.39, 0.29) is 15.1 Å². The predicted molar refractivity (Wildman–Crippen MR) is 117 cm³/mol. The number of rotatable bonds is 10. The molecule has 0 fully saturated rings. The van der Waals surface area contributed by atoms with Gasteiger partial charge in [-0.15, -0.1) is 14.0 Å². The lowest BCUT2D eigenvalue weighted by atomic mass is 10.1. The molecule has 0 heterocycles. The van der Waals surface area contributed by atoms with Crippen molar-refractivity contribution in [3.63, 3.8) is 0 Å². The number of halogens is 3. The first-order valence-electron chi connectivity index (χ1n) is 9.44. The maximum Gasteiger partial charge on any atom is 0.267 e. The summed E-state index contributed by atoms with van der Waals surface area (Å²) in [6.07, 6.45) is 0. The largest absolute Gasteiger partial charge is 0.286 e. The lowest BCUT2D eigenvalue weighted by Gasteiger charge is -2.47. The molecule has 5 nitrogen and oxygen atoms in total. The third kappa shape index (κ3) is 4.16. The van der Waals surface area contributed by atoms with Crippen molar-refractivity contribution in [3.8, 4) is 0 Å². The number of nitrogens with zero attached hydrogens (tertiary/aromatic N) is 3. The second kappa shape index (κ2) is 10.7. The molecule has 0 unspecified atom stereocenters. The summed E-state index contributed by atoms with van der Waals surface area (Å²) < 4.78 is 6.79. The number of hydrogen-bond donors (Lipinski definition) is 0. The third-order valence-corrected chi connectivity index (χ3v) is 11.3. The van der Waals surface area contributed by atoms with Crippen LogP contribution < -0.4 is 0 Å². The Labute approximate surface area is 178 Å². The first-order valence-corrected chi connectivity index (χ1v) is 12.2. The fourth-order valence-electron chi connectivity index (χ4n) is 3.69. The number of Topliss-reactive ketones (excluding diaryl/α,β-unsaturated/α-hetero) is 2. The zero-order valence-electron chi connectivity index (χ0n) is 17.0. The van der Waals surface area contributed by atoms with Gasteiger partial charge in [0.15, 0.2) is 0 Å². The van der Waals surface area contributed by atoms with Crippen molar-refractivity contribution >= 4 is 54.1 Å². The number of ketones is 2. The number of carbonyl (C=O) groups is 2. The first kappa shape index (κ1) is 25.0. The van der Waals surface area contributed by atoms with Gasteiger partial charge in [-0.2, -0.15) is 0 Å². The third-order valence-electron chi connectivity index (χ3n) is 4.89. The minimum absolute atomic E-state index is 0.103. The quantitative estimate of drug-likeness (QED) is 0.339. The number of carbonyl (C=O) groups excluding carboxylic acids is 2. The average Bonchev–Trinajstić information content (AvgIpc) is 2.67. The maximum absolute atomic E-state index is 13.3. The zero-order chi connectivity index (χ0) is 20.9. The Balaban J connectivity index is 4.01. The Morgan fingerprint density at radius 3 is 1.19 bits per heavy atom. The molecule has 1 aliphatic rings. The molecule has 0 aromatic carbocycles. The van der Waals surface area contributed by atoms with Crippen LogP contribution >= 0.6 is 42.5 Å². The van der Waals surface area contributed by atoms with E-state index in [1.807, 2.05) is 0 Å². The molecule has 0 aromatic heterocycles. The summed E-state index contributed by atoms with van der Waals surface area (Å²) in [5, 5.41) is -0.336. The molecule has 0 bridgehead atoms. The zero-order valence-corrected chi connectivity index (χ0v) is 20.1. The normalized spacial score (nSPS) is 16.6. The topological polar surface area (TPSA) is 43.9 Å². The molecule has 0 N–H and O–H groups in total. The molecule has 0 amide bonds. The molecule has 27 heavy (non-hydrogen) atoms. The van der Waals surface area contributed by atoms with Crippen LogP contribution in [0.1, 0.15) is 41.5 Å². The van der Waals surface area contributed by atoms with Crippen molar-refractivity contribution in [3.05, 3.63) is 20.4 Å². The van der Waals surface area contributed by atoms with E-state index in [2.05, 4.69) is 55.6 Å². The van der Waals surface area contributed by atoms with Crippen molar-refractivity contribution < 1.29 is 9.59 Å². The first-order chi connectivity index (χ1) is 12.7. The van der Waals surface area contributed by atoms with Crippen LogP contribution in [0, 0.1) is 0 Å². The summed E-state index contributed by atoms with van der Waals surface area (Å²) in [5.41, 5.74) is 0. The van der Waals surface area contributed by atoms with E-state index in [9.17, 15) is 9.59 Å². The lowest BCUT2D eigenvalue weighted by Crippen LogP contribution is -2.48. The molecule has 1 aliphatic carbocycles. The summed E-state index contributed by atoms with van der Waals surface area (Å²) >= 11 is 18.7. The smallest absolute Gasteiger partial charge is 0.267 e. The molecule has 1 rings (SSSR count). The van der Waals surface area contributed by atoms with Gasteiger partial charge in [-0.05, 0) is 41.5 Å². The van der Waals surface area contributed by atoms with Crippen LogP contribution in [0.15, 0.2) is 20.4 Å². The van der Waals surface area contributed by atoms with E-state index in [1.54, 1.807) is 0 Å². The van der Waals surface area contributed by atoms with Crippen molar-refractivity contribution in [1.29, 1.82) is 0 Å². The maximum atomic E-state index is 13.3. The molecule has 9 heteroatoms. The molecule has 0 aliphatic heterocycles. The molecule has 0 aromatic rings. The van der Waals surface area contributed by atoms with Crippen LogP contribution in [-0.2, 0) is 9.59 Å². The van der Waals surface area contributed by atoms with Crippen LogP contribution in [0.5, 0.6) is 0 Å². The van der Waals surface area contributed by atoms with E-state index < -0.39 is 19.3 Å². The minimum atomic E-state index is -2.62. The predicted octanol–water partition coefficient (Wildman–Crippen LogP) is 5.07. The Hall–Kier alpha value is -0.0000000000000000971. The fraction of sp³-hybridized carbons (Fsp3) is 0.667.